The predicted octanol–water partition coefficient (Wildman–Crippen LogP) is 9.75. The molecule has 4 rings (SSSR count). The summed E-state index contributed by atoms with van der Waals surface area (Å²) in [6.45, 7) is 18.4. The minimum Gasteiger partial charge on any atom is -0.445 e. The Morgan fingerprint density at radius 3 is 1.93 bits per heavy atom. The van der Waals surface area contributed by atoms with Crippen molar-refractivity contribution in [2.24, 2.45) is 53.1 Å². The number of amides is 8. The number of anilines is 1. The fourth-order valence-corrected chi connectivity index (χ4v) is 13.4. The minimum absolute atomic E-state index is 0.0568. The fourth-order valence-electron chi connectivity index (χ4n) is 13.4. The number of carbonyl (C=O) groups is 10. The van der Waals surface area contributed by atoms with Crippen molar-refractivity contribution in [3.8, 4) is 0 Å². The van der Waals surface area contributed by atoms with Crippen molar-refractivity contribution < 1.29 is 80.4 Å². The third kappa shape index (κ3) is 24.4. The van der Waals surface area contributed by atoms with E-state index in [0.717, 1.165) is 22.6 Å². The van der Waals surface area contributed by atoms with E-state index in [2.05, 4.69) is 16.0 Å². The quantitative estimate of drug-likeness (QED) is 0.0305. The van der Waals surface area contributed by atoms with E-state index in [1.807, 2.05) is 65.0 Å². The molecule has 13 atom stereocenters. The number of halogens is 3. The lowest BCUT2D eigenvalue weighted by atomic mass is 9.83. The molecule has 6 N–H and O–H groups in total. The van der Waals surface area contributed by atoms with Gasteiger partial charge in [0.1, 0.15) is 18.4 Å². The molecule has 0 aromatic heterocycles. The molecule has 2 unspecified atom stereocenters. The highest BCUT2D eigenvalue weighted by Crippen LogP contribution is 2.34. The van der Waals surface area contributed by atoms with Crippen molar-refractivity contribution >= 4 is 64.7 Å². The van der Waals surface area contributed by atoms with Gasteiger partial charge in [0.2, 0.25) is 17.7 Å². The summed E-state index contributed by atoms with van der Waals surface area (Å²) < 4.78 is 61.2. The zero-order chi connectivity index (χ0) is 72.6. The van der Waals surface area contributed by atoms with E-state index < -0.39 is 126 Å². The van der Waals surface area contributed by atoms with Gasteiger partial charge in [0.25, 0.3) is 11.8 Å². The van der Waals surface area contributed by atoms with E-state index >= 15 is 0 Å². The number of primary amides is 1. The Morgan fingerprint density at radius 1 is 0.732 bits per heavy atom. The monoisotopic (exact) mass is 1370 g/mol. The second-order valence-electron chi connectivity index (χ2n) is 27.4. The highest BCUT2D eigenvalue weighted by atomic mass is 19.4. The zero-order valence-electron chi connectivity index (χ0n) is 59.4. The first-order valence-electron chi connectivity index (χ1n) is 34.3. The number of nitrogens with zero attached hydrogens (tertiary/aromatic N) is 4. The standard InChI is InChI=1S/C72H109F3N8O14/c1-15-46(8)65(58(95-13)41-62(89)82-37-23-27-54(82)67(96-14)48(10)55(84)38-47(9)66(90)50-24-18-16-19-25-50)80(11)69(92)53(43(2)3)40-57(86)64(45(6)7)81(12)71(94)97-42-49-29-31-52(32-30-49)78-68(91)51(26-22-35-77-70(76)93)39-56(85)63(44(4)5)79-59(72(73,74)75)28-20-17-21-36-83-60(87)33-34-61(83)88/h16,18-19,24-25,29-34,43-48,51,53-54,58-59,63-67,79,90H,15,17,20-23,26-28,35-42H2,1-14H3,(H,78,91)(H3,76,77,93)/t46-,47-,48-,51+,53-,54-,58?,59?,63-,64-,65-,66+,67+/m0/s1. The van der Waals surface area contributed by atoms with Crippen LogP contribution < -0.4 is 21.7 Å². The number of methoxy groups -OCH3 is 2. The van der Waals surface area contributed by atoms with Crippen LogP contribution in [-0.4, -0.2) is 180 Å². The summed E-state index contributed by atoms with van der Waals surface area (Å²) in [5.41, 5.74) is 6.75. The van der Waals surface area contributed by atoms with Crippen LogP contribution in [0, 0.1) is 47.3 Å². The molecular weight excluding hydrogens is 1260 g/mol. The summed E-state index contributed by atoms with van der Waals surface area (Å²) in [5, 5.41) is 18.8. The Labute approximate surface area is 571 Å². The molecule has 0 saturated carbocycles. The molecule has 25 heteroatoms. The van der Waals surface area contributed by atoms with E-state index in [1.54, 1.807) is 63.6 Å². The van der Waals surface area contributed by atoms with Gasteiger partial charge >= 0.3 is 18.3 Å². The summed E-state index contributed by atoms with van der Waals surface area (Å²) in [6, 6.07) is 9.28. The molecule has 0 aliphatic carbocycles. The molecule has 0 bridgehead atoms. The number of nitrogens with two attached hydrogens (primary N) is 1. The highest BCUT2D eigenvalue weighted by Gasteiger charge is 2.45. The molecule has 2 aromatic carbocycles. The largest absolute Gasteiger partial charge is 0.445 e. The topological polar surface area (TPSA) is 294 Å². The second-order valence-corrected chi connectivity index (χ2v) is 27.4. The maximum Gasteiger partial charge on any atom is 0.410 e. The molecule has 2 heterocycles. The number of nitrogens with one attached hydrogen (secondary N) is 3. The Balaban J connectivity index is 1.40. The minimum atomic E-state index is -4.73. The number of Topliss-reactive ketones (excluding diaryl/α,β-unsaturated/α-hetero) is 3. The Kier molecular flexibility index (Phi) is 33.5. The summed E-state index contributed by atoms with van der Waals surface area (Å²) in [6.07, 6.45) is -3.60. The SMILES string of the molecule is CC[C@H](C)[C@@H](C(CC(=O)N1CCC[C@H]1[C@H](OC)[C@@H](C)C(=O)C[C@H](C)[C@@H](O)c1ccccc1)OC)N(C)C(=O)[C@@H](CC(=O)[C@H](C(C)C)N(C)C(=O)OCc1ccc(NC(=O)[C@H](CCCNC(N)=O)CC(=O)[C@@H](NC(CCCCCN2C(=O)C=CC2=O)C(F)(F)F)C(C)C)cc1)C(C)C. The fraction of sp³-hybridized carbons (Fsp3) is 0.667. The van der Waals surface area contributed by atoms with E-state index in [-0.39, 0.29) is 112 Å². The average molecular weight is 1370 g/mol. The van der Waals surface area contributed by atoms with Gasteiger partial charge in [-0.15, -0.1) is 0 Å². The first kappa shape index (κ1) is 82.3. The van der Waals surface area contributed by atoms with E-state index in [4.69, 9.17) is 19.9 Å². The van der Waals surface area contributed by atoms with Crippen LogP contribution in [0.15, 0.2) is 66.7 Å². The Morgan fingerprint density at radius 2 is 1.37 bits per heavy atom. The maximum atomic E-state index is 14.9. The van der Waals surface area contributed by atoms with Gasteiger partial charge in [-0.25, -0.2) is 9.59 Å². The van der Waals surface area contributed by atoms with Crippen LogP contribution in [0.4, 0.5) is 28.4 Å². The van der Waals surface area contributed by atoms with Gasteiger partial charge in [-0.1, -0.05) is 131 Å². The molecule has 0 spiro atoms. The lowest BCUT2D eigenvalue weighted by molar-refractivity contribution is -0.161. The first-order chi connectivity index (χ1) is 45.7. The maximum absolute atomic E-state index is 14.9. The number of imide groups is 1. The number of likely N-dealkylation sites (tertiary alicyclic amines) is 1. The second kappa shape index (κ2) is 39.5. The van der Waals surface area contributed by atoms with Crippen molar-refractivity contribution in [3.63, 3.8) is 0 Å². The van der Waals surface area contributed by atoms with Crippen molar-refractivity contribution in [1.29, 1.82) is 0 Å². The predicted molar refractivity (Wildman–Crippen MR) is 362 cm³/mol. The van der Waals surface area contributed by atoms with Crippen molar-refractivity contribution in [2.45, 2.75) is 214 Å². The normalized spacial score (nSPS) is 18.0. The van der Waals surface area contributed by atoms with Crippen LogP contribution in [0.3, 0.4) is 0 Å². The summed E-state index contributed by atoms with van der Waals surface area (Å²) >= 11 is 0. The number of ether oxygens (including phenoxy) is 3. The van der Waals surface area contributed by atoms with Crippen molar-refractivity contribution in [2.75, 3.05) is 53.3 Å². The number of benzene rings is 2. The molecule has 0 radical (unpaired) electrons. The number of ketones is 3. The average Bonchev–Trinajstić information content (AvgIpc) is 1.80. The van der Waals surface area contributed by atoms with Crippen LogP contribution in [0.2, 0.25) is 0 Å². The van der Waals surface area contributed by atoms with Crippen LogP contribution in [0.1, 0.15) is 170 Å². The number of alkyl halides is 3. The third-order valence-electron chi connectivity index (χ3n) is 19.3. The third-order valence-corrected chi connectivity index (χ3v) is 19.3. The number of hydrogen-bond donors (Lipinski definition) is 5. The summed E-state index contributed by atoms with van der Waals surface area (Å²) in [7, 11) is 6.16. The number of unbranched alkanes of at least 4 members (excludes halogenated alkanes) is 2. The van der Waals surface area contributed by atoms with Gasteiger partial charge in [-0.05, 0) is 91.4 Å². The van der Waals surface area contributed by atoms with Gasteiger partial charge < -0.3 is 50.4 Å². The van der Waals surface area contributed by atoms with Gasteiger partial charge in [-0.3, -0.25) is 48.6 Å². The lowest BCUT2D eigenvalue weighted by Gasteiger charge is -2.41. The molecule has 97 heavy (non-hydrogen) atoms. The number of likely N-dealkylation sites (N-methyl/N-ethyl adjacent to an activating group) is 2. The number of hydrogen-bond acceptors (Lipinski definition) is 15. The van der Waals surface area contributed by atoms with Crippen LogP contribution >= 0.6 is 0 Å². The van der Waals surface area contributed by atoms with E-state index in [9.17, 15) is 66.2 Å². The summed E-state index contributed by atoms with van der Waals surface area (Å²) in [5.74, 6) is -7.50. The van der Waals surface area contributed by atoms with Crippen LogP contribution in [0.25, 0.3) is 0 Å². The zero-order valence-corrected chi connectivity index (χ0v) is 59.4. The molecule has 8 amide bonds. The van der Waals surface area contributed by atoms with Crippen molar-refractivity contribution in [1.82, 2.24) is 30.2 Å². The molecule has 542 valence electrons. The highest BCUT2D eigenvalue weighted by molar-refractivity contribution is 6.12. The Bertz CT molecular complexity index is 2930. The summed E-state index contributed by atoms with van der Waals surface area (Å²) in [4.78, 5) is 140. The van der Waals surface area contributed by atoms with Gasteiger partial charge in [0, 0.05) is 103 Å². The van der Waals surface area contributed by atoms with Crippen molar-refractivity contribution in [3.05, 3.63) is 77.9 Å². The smallest absolute Gasteiger partial charge is 0.410 e. The Hall–Kier alpha value is -7.09. The number of urea groups is 1. The number of carbonyl (C=O) groups excluding carboxylic acids is 10. The number of rotatable bonds is 42. The van der Waals surface area contributed by atoms with E-state index in [1.165, 1.54) is 38.3 Å². The molecule has 22 nitrogen and oxygen atoms in total. The lowest BCUT2D eigenvalue weighted by Crippen LogP contribution is -2.54. The number of aliphatic hydroxyl groups is 1. The number of aliphatic hydroxyl groups excluding tert-OH is 1. The van der Waals surface area contributed by atoms with Crippen LogP contribution in [-0.2, 0) is 59.2 Å². The molecule has 2 aliphatic heterocycles. The molecule has 1 fully saturated rings. The van der Waals surface area contributed by atoms with E-state index in [0.29, 0.717) is 43.5 Å². The van der Waals surface area contributed by atoms with Gasteiger partial charge in [-0.2, -0.15) is 13.2 Å². The molecule has 2 aliphatic rings. The molecular formula is C72H109F3N8O14. The first-order valence-corrected chi connectivity index (χ1v) is 34.3. The van der Waals surface area contributed by atoms with Crippen LogP contribution in [0.5, 0.6) is 0 Å². The van der Waals surface area contributed by atoms with Gasteiger partial charge in [0.05, 0.1) is 48.9 Å². The molecule has 2 aromatic rings. The molecule has 1 saturated heterocycles. The van der Waals surface area contributed by atoms with Gasteiger partial charge in [0.15, 0.2) is 11.6 Å².